The highest BCUT2D eigenvalue weighted by molar-refractivity contribution is 5.97. The molecule has 4 aromatic rings. The number of amides is 1. The van der Waals surface area contributed by atoms with Crippen molar-refractivity contribution in [3.8, 4) is 11.4 Å². The number of fused-ring (bicyclic) bond motifs is 3. The molecule has 5 rings (SSSR count). The zero-order valence-corrected chi connectivity index (χ0v) is 15.4. The van der Waals surface area contributed by atoms with Gasteiger partial charge in [-0.15, -0.1) is 0 Å². The number of rotatable bonds is 2. The van der Waals surface area contributed by atoms with Crippen LogP contribution >= 0.6 is 0 Å². The Morgan fingerprint density at radius 2 is 1.75 bits per heavy atom. The minimum Gasteiger partial charge on any atom is -0.339 e. The maximum absolute atomic E-state index is 12.8. The molecule has 6 heteroatoms. The van der Waals surface area contributed by atoms with Gasteiger partial charge in [0.05, 0.1) is 17.2 Å². The van der Waals surface area contributed by atoms with Crippen molar-refractivity contribution < 1.29 is 4.79 Å². The van der Waals surface area contributed by atoms with Gasteiger partial charge in [-0.25, -0.2) is 4.98 Å². The van der Waals surface area contributed by atoms with Crippen molar-refractivity contribution in [1.82, 2.24) is 19.3 Å². The molecule has 1 aliphatic heterocycles. The van der Waals surface area contributed by atoms with Gasteiger partial charge >= 0.3 is 0 Å². The van der Waals surface area contributed by atoms with Gasteiger partial charge < -0.3 is 9.88 Å². The summed E-state index contributed by atoms with van der Waals surface area (Å²) in [5.41, 5.74) is 3.26. The van der Waals surface area contributed by atoms with Crippen LogP contribution in [0, 0.1) is 0 Å². The van der Waals surface area contributed by atoms with Gasteiger partial charge in [0, 0.05) is 24.2 Å². The van der Waals surface area contributed by atoms with Crippen LogP contribution in [0.15, 0.2) is 59.5 Å². The molecule has 1 saturated heterocycles. The van der Waals surface area contributed by atoms with Gasteiger partial charge in [0.25, 0.3) is 11.5 Å². The van der Waals surface area contributed by atoms with Gasteiger partial charge in [0.1, 0.15) is 11.3 Å². The van der Waals surface area contributed by atoms with E-state index in [4.69, 9.17) is 0 Å². The molecule has 1 fully saturated rings. The van der Waals surface area contributed by atoms with E-state index in [1.807, 2.05) is 51.8 Å². The van der Waals surface area contributed by atoms with Gasteiger partial charge in [0.2, 0.25) is 0 Å². The quantitative estimate of drug-likeness (QED) is 0.586. The van der Waals surface area contributed by atoms with Crippen molar-refractivity contribution in [3.05, 3.63) is 70.6 Å². The number of aromatic nitrogens is 3. The second kappa shape index (κ2) is 6.64. The Balaban J connectivity index is 1.67. The molecule has 28 heavy (non-hydrogen) atoms. The fourth-order valence-electron chi connectivity index (χ4n) is 3.98. The lowest BCUT2D eigenvalue weighted by Crippen LogP contribution is -2.35. The first-order valence-electron chi connectivity index (χ1n) is 9.60. The lowest BCUT2D eigenvalue weighted by atomic mass is 10.1. The molecule has 0 saturated carbocycles. The summed E-state index contributed by atoms with van der Waals surface area (Å²) in [5.74, 6) is 0.735. The number of imidazole rings is 1. The van der Waals surface area contributed by atoms with Crippen molar-refractivity contribution in [1.29, 1.82) is 0 Å². The van der Waals surface area contributed by atoms with Crippen LogP contribution in [-0.4, -0.2) is 38.3 Å². The Labute approximate surface area is 161 Å². The summed E-state index contributed by atoms with van der Waals surface area (Å²) in [4.78, 5) is 34.7. The molecule has 2 aromatic carbocycles. The Bertz CT molecular complexity index is 1230. The smallest absolute Gasteiger partial charge is 0.274 e. The molecule has 140 valence electrons. The summed E-state index contributed by atoms with van der Waals surface area (Å²) in [7, 11) is 0. The molecule has 1 N–H and O–H groups in total. The van der Waals surface area contributed by atoms with Crippen LogP contribution in [0.4, 0.5) is 0 Å². The summed E-state index contributed by atoms with van der Waals surface area (Å²) < 4.78 is 1.86. The maximum Gasteiger partial charge on any atom is 0.274 e. The Hall–Kier alpha value is -3.41. The lowest BCUT2D eigenvalue weighted by molar-refractivity contribution is 0.0724. The van der Waals surface area contributed by atoms with E-state index in [0.717, 1.165) is 37.0 Å². The average molecular weight is 372 g/mol. The van der Waals surface area contributed by atoms with E-state index in [1.54, 1.807) is 12.3 Å². The molecule has 1 amide bonds. The van der Waals surface area contributed by atoms with Crippen LogP contribution in [0.3, 0.4) is 0 Å². The largest absolute Gasteiger partial charge is 0.339 e. The number of nitrogens with one attached hydrogen (secondary N) is 1. The normalized spacial score (nSPS) is 14.6. The maximum atomic E-state index is 12.8. The molecular weight excluding hydrogens is 352 g/mol. The van der Waals surface area contributed by atoms with E-state index >= 15 is 0 Å². The summed E-state index contributed by atoms with van der Waals surface area (Å²) in [6, 6.07) is 15.3. The van der Waals surface area contributed by atoms with E-state index in [-0.39, 0.29) is 11.5 Å². The van der Waals surface area contributed by atoms with Gasteiger partial charge in [-0.05, 0) is 37.5 Å². The predicted octanol–water partition coefficient (Wildman–Crippen LogP) is 3.47. The van der Waals surface area contributed by atoms with Gasteiger partial charge in [-0.1, -0.05) is 30.3 Å². The number of hydrogen-bond acceptors (Lipinski definition) is 3. The third-order valence-electron chi connectivity index (χ3n) is 5.40. The predicted molar refractivity (Wildman–Crippen MR) is 109 cm³/mol. The first kappa shape index (κ1) is 16.7. The van der Waals surface area contributed by atoms with E-state index in [0.29, 0.717) is 22.4 Å². The van der Waals surface area contributed by atoms with Crippen LogP contribution in [0.25, 0.3) is 27.9 Å². The van der Waals surface area contributed by atoms with Crippen LogP contribution < -0.4 is 5.56 Å². The van der Waals surface area contributed by atoms with Crippen molar-refractivity contribution >= 4 is 22.5 Å². The highest BCUT2D eigenvalue weighted by Crippen LogP contribution is 2.23. The topological polar surface area (TPSA) is 70.5 Å². The minimum absolute atomic E-state index is 0.0245. The van der Waals surface area contributed by atoms with Crippen LogP contribution in [0.5, 0.6) is 0 Å². The molecule has 0 unspecified atom stereocenters. The fraction of sp³-hybridized carbons (Fsp3) is 0.227. The Kier molecular flexibility index (Phi) is 3.97. The summed E-state index contributed by atoms with van der Waals surface area (Å²) in [5, 5.41) is 0. The number of aromatic amines is 1. The number of H-pyrrole nitrogens is 1. The number of carbonyl (C=O) groups is 1. The molecular formula is C22H20N4O2. The van der Waals surface area contributed by atoms with E-state index in [9.17, 15) is 9.59 Å². The third-order valence-corrected chi connectivity index (χ3v) is 5.40. The number of benzene rings is 2. The molecule has 6 nitrogen and oxygen atoms in total. The van der Waals surface area contributed by atoms with Gasteiger partial charge in [-0.2, -0.15) is 0 Å². The molecule has 0 atom stereocenters. The number of hydrogen-bond donors (Lipinski definition) is 1. The zero-order valence-electron chi connectivity index (χ0n) is 15.4. The SMILES string of the molecule is O=C(c1ccc2c(c1)[nH]c(=O)c1cnc(-c3ccccc3)n12)N1CCCCC1. The third kappa shape index (κ3) is 2.69. The molecule has 1 aliphatic rings. The number of nitrogens with zero attached hydrogens (tertiary/aromatic N) is 3. The fourth-order valence-corrected chi connectivity index (χ4v) is 3.98. The van der Waals surface area contributed by atoms with Crippen molar-refractivity contribution in [3.63, 3.8) is 0 Å². The Morgan fingerprint density at radius 3 is 2.54 bits per heavy atom. The van der Waals surface area contributed by atoms with E-state index < -0.39 is 0 Å². The highest BCUT2D eigenvalue weighted by Gasteiger charge is 2.19. The first-order valence-corrected chi connectivity index (χ1v) is 9.60. The van der Waals surface area contributed by atoms with Gasteiger partial charge in [-0.3, -0.25) is 14.0 Å². The average Bonchev–Trinajstić information content (AvgIpc) is 3.20. The van der Waals surface area contributed by atoms with E-state index in [2.05, 4.69) is 9.97 Å². The second-order valence-electron chi connectivity index (χ2n) is 7.21. The Morgan fingerprint density at radius 1 is 0.964 bits per heavy atom. The highest BCUT2D eigenvalue weighted by atomic mass is 16.2. The van der Waals surface area contributed by atoms with Crippen LogP contribution in [-0.2, 0) is 0 Å². The molecule has 0 bridgehead atoms. The molecule has 0 spiro atoms. The van der Waals surface area contributed by atoms with E-state index in [1.165, 1.54) is 6.42 Å². The second-order valence-corrected chi connectivity index (χ2v) is 7.21. The number of carbonyl (C=O) groups excluding carboxylic acids is 1. The number of likely N-dealkylation sites (tertiary alicyclic amines) is 1. The number of piperidine rings is 1. The summed E-state index contributed by atoms with van der Waals surface area (Å²) in [6.07, 6.45) is 4.86. The molecule has 0 radical (unpaired) electrons. The van der Waals surface area contributed by atoms with Crippen molar-refractivity contribution in [2.75, 3.05) is 13.1 Å². The molecule has 3 heterocycles. The zero-order chi connectivity index (χ0) is 19.1. The van der Waals surface area contributed by atoms with Crippen LogP contribution in [0.2, 0.25) is 0 Å². The molecule has 2 aromatic heterocycles. The summed E-state index contributed by atoms with van der Waals surface area (Å²) >= 11 is 0. The summed E-state index contributed by atoms with van der Waals surface area (Å²) in [6.45, 7) is 1.60. The molecule has 0 aliphatic carbocycles. The van der Waals surface area contributed by atoms with Gasteiger partial charge in [0.15, 0.2) is 0 Å². The van der Waals surface area contributed by atoms with Crippen LogP contribution in [0.1, 0.15) is 29.6 Å². The first-order chi connectivity index (χ1) is 13.7. The lowest BCUT2D eigenvalue weighted by Gasteiger charge is -2.26. The monoisotopic (exact) mass is 372 g/mol. The minimum atomic E-state index is -0.218. The standard InChI is InChI=1S/C22H20N4O2/c27-21-19-14-23-20(15-7-3-1-4-8-15)26(19)18-10-9-16(13-17(18)24-21)22(28)25-11-5-2-6-12-25/h1,3-4,7-10,13-14H,2,5-6,11-12H2,(H,24,27). The van der Waals surface area contributed by atoms with Crippen molar-refractivity contribution in [2.24, 2.45) is 0 Å². The van der Waals surface area contributed by atoms with Crippen molar-refractivity contribution in [2.45, 2.75) is 19.3 Å².